The van der Waals surface area contributed by atoms with Crippen LogP contribution >= 0.6 is 0 Å². The molecule has 3 heterocycles. The fourth-order valence-corrected chi connectivity index (χ4v) is 2.69. The van der Waals surface area contributed by atoms with Gasteiger partial charge >= 0.3 is 0 Å². The van der Waals surface area contributed by atoms with Crippen molar-refractivity contribution in [1.82, 2.24) is 15.3 Å². The van der Waals surface area contributed by atoms with Gasteiger partial charge in [0.15, 0.2) is 0 Å². The van der Waals surface area contributed by atoms with Crippen molar-refractivity contribution >= 4 is 11.9 Å². The summed E-state index contributed by atoms with van der Waals surface area (Å²) in [5.41, 5.74) is 0.939. The summed E-state index contributed by atoms with van der Waals surface area (Å²) in [7, 11) is 0. The van der Waals surface area contributed by atoms with Crippen molar-refractivity contribution in [3.05, 3.63) is 42.1 Å². The summed E-state index contributed by atoms with van der Waals surface area (Å²) in [6.45, 7) is 3.94. The molecule has 22 heavy (non-hydrogen) atoms. The van der Waals surface area contributed by atoms with Gasteiger partial charge in [-0.2, -0.15) is 0 Å². The molecule has 0 aromatic carbocycles. The van der Waals surface area contributed by atoms with Crippen LogP contribution in [0.3, 0.4) is 0 Å². The van der Waals surface area contributed by atoms with Crippen molar-refractivity contribution in [2.45, 2.75) is 26.3 Å². The first-order chi connectivity index (χ1) is 10.7. The third-order valence-electron chi connectivity index (χ3n) is 3.87. The molecule has 0 unspecified atom stereocenters. The number of nitrogens with zero attached hydrogens (tertiary/aromatic N) is 3. The van der Waals surface area contributed by atoms with Crippen LogP contribution < -0.4 is 10.2 Å². The molecule has 1 atom stereocenters. The highest BCUT2D eigenvalue weighted by Crippen LogP contribution is 2.20. The number of aryl methyl sites for hydroxylation is 1. The van der Waals surface area contributed by atoms with E-state index in [4.69, 9.17) is 4.42 Å². The third-order valence-corrected chi connectivity index (χ3v) is 3.87. The Balaban J connectivity index is 1.59. The predicted molar refractivity (Wildman–Crippen MR) is 82.3 cm³/mol. The van der Waals surface area contributed by atoms with Gasteiger partial charge < -0.3 is 14.6 Å². The molecule has 1 N–H and O–H groups in total. The Morgan fingerprint density at radius 2 is 2.41 bits per heavy atom. The Kier molecular flexibility index (Phi) is 4.37. The average molecular weight is 300 g/mol. The van der Waals surface area contributed by atoms with Gasteiger partial charge in [-0.1, -0.05) is 0 Å². The van der Waals surface area contributed by atoms with Gasteiger partial charge in [0.2, 0.25) is 11.9 Å². The number of rotatable bonds is 4. The Labute approximate surface area is 129 Å². The number of carbonyl (C=O) groups excluding carboxylic acids is 1. The zero-order valence-corrected chi connectivity index (χ0v) is 12.7. The number of hydrogen-bond donors (Lipinski definition) is 1. The molecule has 0 saturated carbocycles. The smallest absolute Gasteiger partial charge is 0.225 e. The molecule has 0 spiro atoms. The second kappa shape index (κ2) is 6.60. The SMILES string of the molecule is Cc1ccnc(N2CCC[C@H](C(=O)NCc3ccco3)C2)n1. The molecule has 0 bridgehead atoms. The molecule has 6 heteroatoms. The molecule has 1 aliphatic rings. The van der Waals surface area contributed by atoms with Gasteiger partial charge in [-0.3, -0.25) is 4.79 Å². The summed E-state index contributed by atoms with van der Waals surface area (Å²) >= 11 is 0. The van der Waals surface area contributed by atoms with E-state index in [1.165, 1.54) is 0 Å². The summed E-state index contributed by atoms with van der Waals surface area (Å²) in [5.74, 6) is 1.51. The molecule has 0 radical (unpaired) electrons. The Hall–Kier alpha value is -2.37. The van der Waals surface area contributed by atoms with Gasteiger partial charge in [0.1, 0.15) is 5.76 Å². The molecule has 2 aromatic rings. The lowest BCUT2D eigenvalue weighted by Gasteiger charge is -2.32. The number of hydrogen-bond acceptors (Lipinski definition) is 5. The van der Waals surface area contributed by atoms with Gasteiger partial charge in [-0.15, -0.1) is 0 Å². The normalized spacial score (nSPS) is 18.2. The van der Waals surface area contributed by atoms with Gasteiger partial charge in [0, 0.05) is 25.0 Å². The minimum atomic E-state index is -0.0344. The van der Waals surface area contributed by atoms with E-state index in [2.05, 4.69) is 20.2 Å². The van der Waals surface area contributed by atoms with Crippen LogP contribution in [0.4, 0.5) is 5.95 Å². The van der Waals surface area contributed by atoms with Crippen molar-refractivity contribution in [2.24, 2.45) is 5.92 Å². The highest BCUT2D eigenvalue weighted by atomic mass is 16.3. The highest BCUT2D eigenvalue weighted by molar-refractivity contribution is 5.79. The molecule has 1 saturated heterocycles. The van der Waals surface area contributed by atoms with Crippen LogP contribution in [0, 0.1) is 12.8 Å². The molecule has 1 aliphatic heterocycles. The second-order valence-corrected chi connectivity index (χ2v) is 5.58. The monoisotopic (exact) mass is 300 g/mol. The third kappa shape index (κ3) is 3.44. The van der Waals surface area contributed by atoms with Crippen LogP contribution in [0.1, 0.15) is 24.3 Å². The number of carbonyl (C=O) groups is 1. The lowest BCUT2D eigenvalue weighted by atomic mass is 9.97. The first-order valence-electron chi connectivity index (χ1n) is 7.57. The molecule has 1 fully saturated rings. The molecule has 3 rings (SSSR count). The van der Waals surface area contributed by atoms with Crippen molar-refractivity contribution in [2.75, 3.05) is 18.0 Å². The lowest BCUT2D eigenvalue weighted by molar-refractivity contribution is -0.125. The van der Waals surface area contributed by atoms with Gasteiger partial charge in [-0.25, -0.2) is 9.97 Å². The van der Waals surface area contributed by atoms with Crippen molar-refractivity contribution in [3.63, 3.8) is 0 Å². The van der Waals surface area contributed by atoms with Gasteiger partial charge in [0.05, 0.1) is 18.7 Å². The van der Waals surface area contributed by atoms with E-state index < -0.39 is 0 Å². The Bertz CT molecular complexity index is 627. The molecular formula is C16H20N4O2. The topological polar surface area (TPSA) is 71.3 Å². The number of nitrogens with one attached hydrogen (secondary N) is 1. The fraction of sp³-hybridized carbons (Fsp3) is 0.438. The highest BCUT2D eigenvalue weighted by Gasteiger charge is 2.27. The summed E-state index contributed by atoms with van der Waals surface area (Å²) in [6, 6.07) is 5.55. The number of amides is 1. The summed E-state index contributed by atoms with van der Waals surface area (Å²) in [4.78, 5) is 23.2. The van der Waals surface area contributed by atoms with E-state index in [0.717, 1.165) is 30.8 Å². The number of anilines is 1. The molecule has 0 aliphatic carbocycles. The van der Waals surface area contributed by atoms with E-state index >= 15 is 0 Å². The minimum Gasteiger partial charge on any atom is -0.467 e. The van der Waals surface area contributed by atoms with Crippen LogP contribution in [0.5, 0.6) is 0 Å². The van der Waals surface area contributed by atoms with E-state index in [-0.39, 0.29) is 11.8 Å². The van der Waals surface area contributed by atoms with Crippen molar-refractivity contribution < 1.29 is 9.21 Å². The van der Waals surface area contributed by atoms with E-state index in [9.17, 15) is 4.79 Å². The van der Waals surface area contributed by atoms with Crippen LogP contribution in [0.25, 0.3) is 0 Å². The van der Waals surface area contributed by atoms with E-state index in [0.29, 0.717) is 19.0 Å². The number of piperidine rings is 1. The van der Waals surface area contributed by atoms with Crippen molar-refractivity contribution in [1.29, 1.82) is 0 Å². The standard InChI is InChI=1S/C16H20N4O2/c1-12-6-7-17-16(19-12)20-8-2-4-13(11-20)15(21)18-10-14-5-3-9-22-14/h3,5-7,9,13H,2,4,8,10-11H2,1H3,(H,18,21)/t13-/m0/s1. The quantitative estimate of drug-likeness (QED) is 0.934. The Morgan fingerprint density at radius 3 is 3.18 bits per heavy atom. The zero-order valence-electron chi connectivity index (χ0n) is 12.7. The first kappa shape index (κ1) is 14.6. The predicted octanol–water partition coefficient (Wildman–Crippen LogP) is 1.91. The summed E-state index contributed by atoms with van der Waals surface area (Å²) in [6.07, 6.45) is 5.24. The lowest BCUT2D eigenvalue weighted by Crippen LogP contribution is -2.43. The maximum atomic E-state index is 12.3. The maximum absolute atomic E-state index is 12.3. The molecule has 6 nitrogen and oxygen atoms in total. The van der Waals surface area contributed by atoms with Gasteiger partial charge in [-0.05, 0) is 38.0 Å². The summed E-state index contributed by atoms with van der Waals surface area (Å²) in [5, 5.41) is 2.94. The van der Waals surface area contributed by atoms with Gasteiger partial charge in [0.25, 0.3) is 0 Å². The number of aromatic nitrogens is 2. The fourth-order valence-electron chi connectivity index (χ4n) is 2.69. The van der Waals surface area contributed by atoms with Crippen LogP contribution in [-0.2, 0) is 11.3 Å². The average Bonchev–Trinajstić information content (AvgIpc) is 3.06. The minimum absolute atomic E-state index is 0.0344. The molecule has 1 amide bonds. The van der Waals surface area contributed by atoms with Crippen LogP contribution in [0.15, 0.2) is 35.1 Å². The molecular weight excluding hydrogens is 280 g/mol. The second-order valence-electron chi connectivity index (χ2n) is 5.58. The summed E-state index contributed by atoms with van der Waals surface area (Å²) < 4.78 is 5.23. The van der Waals surface area contributed by atoms with E-state index in [1.54, 1.807) is 12.5 Å². The molecule has 2 aromatic heterocycles. The maximum Gasteiger partial charge on any atom is 0.225 e. The first-order valence-corrected chi connectivity index (χ1v) is 7.57. The van der Waals surface area contributed by atoms with E-state index in [1.807, 2.05) is 25.1 Å². The largest absolute Gasteiger partial charge is 0.467 e. The van der Waals surface area contributed by atoms with Crippen molar-refractivity contribution in [3.8, 4) is 0 Å². The Morgan fingerprint density at radius 1 is 1.50 bits per heavy atom. The van der Waals surface area contributed by atoms with Crippen LogP contribution in [-0.4, -0.2) is 29.0 Å². The van der Waals surface area contributed by atoms with Crippen LogP contribution in [0.2, 0.25) is 0 Å². The zero-order chi connectivity index (χ0) is 15.4. The molecule has 116 valence electrons. The number of furan rings is 1.